The second-order valence-corrected chi connectivity index (χ2v) is 5.42. The van der Waals surface area contributed by atoms with Crippen LogP contribution in [0.1, 0.15) is 5.76 Å². The second-order valence-electron chi connectivity index (χ2n) is 4.25. The molecule has 0 saturated heterocycles. The molecule has 1 aromatic carbocycles. The monoisotopic (exact) mass is 391 g/mol. The lowest BCUT2D eigenvalue weighted by molar-refractivity contribution is 0.0282. The first kappa shape index (κ1) is 15.3. The molecule has 0 saturated carbocycles. The summed E-state index contributed by atoms with van der Waals surface area (Å²) in [5, 5.41) is 12.8. The number of rotatable bonds is 7. The molecule has 2 N–H and O–H groups in total. The Morgan fingerprint density at radius 3 is 2.95 bits per heavy atom. The normalized spacial score (nSPS) is 12.3. The van der Waals surface area contributed by atoms with Crippen molar-refractivity contribution in [2.24, 2.45) is 0 Å². The second kappa shape index (κ2) is 7.61. The van der Waals surface area contributed by atoms with E-state index in [2.05, 4.69) is 5.32 Å². The lowest BCUT2D eigenvalue weighted by Gasteiger charge is -2.14. The van der Waals surface area contributed by atoms with Gasteiger partial charge in [0.15, 0.2) is 0 Å². The lowest BCUT2D eigenvalue weighted by atomic mass is 10.3. The minimum atomic E-state index is -0.647. The fourth-order valence-electron chi connectivity index (χ4n) is 1.61. The van der Waals surface area contributed by atoms with E-state index in [0.717, 1.165) is 15.0 Å². The number of aliphatic hydroxyl groups is 1. The van der Waals surface area contributed by atoms with Crippen molar-refractivity contribution in [3.63, 3.8) is 0 Å². The van der Waals surface area contributed by atoms with Gasteiger partial charge in [-0.15, -0.1) is 0 Å². The van der Waals surface area contributed by atoms with Crippen LogP contribution in [0, 0.1) is 9.39 Å². The number of hydrogen-bond donors (Lipinski definition) is 2. The Kier molecular flexibility index (Phi) is 5.81. The van der Waals surface area contributed by atoms with E-state index in [0.29, 0.717) is 13.2 Å². The van der Waals surface area contributed by atoms with Gasteiger partial charge in [-0.1, -0.05) is 0 Å². The van der Waals surface area contributed by atoms with Crippen molar-refractivity contribution >= 4 is 28.3 Å². The molecule has 1 heterocycles. The van der Waals surface area contributed by atoms with Crippen LogP contribution in [0.25, 0.3) is 0 Å². The number of anilines is 1. The van der Waals surface area contributed by atoms with Crippen molar-refractivity contribution in [3.05, 3.63) is 51.7 Å². The van der Waals surface area contributed by atoms with Crippen molar-refractivity contribution in [2.75, 3.05) is 18.5 Å². The summed E-state index contributed by atoms with van der Waals surface area (Å²) in [6, 6.07) is 8.05. The molecule has 0 aliphatic heterocycles. The molecule has 0 bridgehead atoms. The van der Waals surface area contributed by atoms with E-state index in [9.17, 15) is 9.50 Å². The Morgan fingerprint density at radius 1 is 1.40 bits per heavy atom. The molecule has 4 nitrogen and oxygen atoms in total. The first-order valence-corrected chi connectivity index (χ1v) is 7.20. The van der Waals surface area contributed by atoms with Crippen LogP contribution in [0.3, 0.4) is 0 Å². The van der Waals surface area contributed by atoms with Gasteiger partial charge in [0.25, 0.3) is 0 Å². The minimum absolute atomic E-state index is 0.200. The number of hydrogen-bond acceptors (Lipinski definition) is 4. The summed E-state index contributed by atoms with van der Waals surface area (Å²) < 4.78 is 24.2. The van der Waals surface area contributed by atoms with Gasteiger partial charge >= 0.3 is 0 Å². The van der Waals surface area contributed by atoms with Crippen LogP contribution >= 0.6 is 22.6 Å². The zero-order valence-corrected chi connectivity index (χ0v) is 12.8. The van der Waals surface area contributed by atoms with Crippen LogP contribution < -0.4 is 5.32 Å². The van der Waals surface area contributed by atoms with E-state index in [4.69, 9.17) is 9.15 Å². The summed E-state index contributed by atoms with van der Waals surface area (Å²) in [5.41, 5.74) is 0.789. The number of nitrogens with one attached hydrogen (secondary N) is 1. The van der Waals surface area contributed by atoms with Crippen LogP contribution in [0.5, 0.6) is 0 Å². The first-order chi connectivity index (χ1) is 9.65. The first-order valence-electron chi connectivity index (χ1n) is 6.12. The van der Waals surface area contributed by atoms with Crippen LogP contribution in [0.15, 0.2) is 41.0 Å². The molecular formula is C14H15FINO3. The van der Waals surface area contributed by atoms with Gasteiger partial charge < -0.3 is 19.6 Å². The van der Waals surface area contributed by atoms with Crippen molar-refractivity contribution in [3.8, 4) is 0 Å². The molecule has 1 aromatic heterocycles. The Morgan fingerprint density at radius 2 is 2.25 bits per heavy atom. The predicted molar refractivity (Wildman–Crippen MR) is 82.0 cm³/mol. The summed E-state index contributed by atoms with van der Waals surface area (Å²) >= 11 is 2.04. The number of benzene rings is 1. The topological polar surface area (TPSA) is 54.6 Å². The summed E-state index contributed by atoms with van der Waals surface area (Å²) in [6.45, 7) is 0.864. The van der Waals surface area contributed by atoms with Gasteiger partial charge in [0.05, 0.1) is 19.0 Å². The van der Waals surface area contributed by atoms with Gasteiger partial charge in [-0.3, -0.25) is 0 Å². The van der Waals surface area contributed by atoms with E-state index >= 15 is 0 Å². The third kappa shape index (κ3) is 4.77. The average molecular weight is 391 g/mol. The highest BCUT2D eigenvalue weighted by atomic mass is 127. The highest BCUT2D eigenvalue weighted by molar-refractivity contribution is 14.1. The number of aliphatic hydroxyl groups excluding tert-OH is 1. The average Bonchev–Trinajstić information content (AvgIpc) is 2.91. The zero-order valence-electron chi connectivity index (χ0n) is 10.7. The maximum absolute atomic E-state index is 12.9. The Balaban J connectivity index is 1.70. The smallest absolute Gasteiger partial charge is 0.129 e. The maximum atomic E-state index is 12.9. The van der Waals surface area contributed by atoms with Crippen molar-refractivity contribution in [2.45, 2.75) is 12.7 Å². The van der Waals surface area contributed by atoms with Gasteiger partial charge in [-0.25, -0.2) is 4.39 Å². The SMILES string of the molecule is OC(CNc1ccc(F)cc1I)COCc1ccco1. The third-order valence-electron chi connectivity index (χ3n) is 2.59. The summed E-state index contributed by atoms with van der Waals surface area (Å²) in [5.74, 6) is 0.445. The molecule has 0 fully saturated rings. The van der Waals surface area contributed by atoms with Crippen molar-refractivity contribution in [1.82, 2.24) is 0 Å². The van der Waals surface area contributed by atoms with Gasteiger partial charge in [-0.05, 0) is 52.9 Å². The third-order valence-corrected chi connectivity index (χ3v) is 3.49. The van der Waals surface area contributed by atoms with Gasteiger partial charge in [0.1, 0.15) is 18.2 Å². The summed E-state index contributed by atoms with van der Waals surface area (Å²) in [7, 11) is 0. The maximum Gasteiger partial charge on any atom is 0.129 e. The van der Waals surface area contributed by atoms with E-state index in [1.54, 1.807) is 18.4 Å². The van der Waals surface area contributed by atoms with Gasteiger partial charge in [0, 0.05) is 15.8 Å². The molecule has 20 heavy (non-hydrogen) atoms. The molecule has 108 valence electrons. The van der Waals surface area contributed by atoms with Gasteiger partial charge in [0.2, 0.25) is 0 Å². The standard InChI is InChI=1S/C14H15FINO3/c15-10-3-4-14(13(16)6-10)17-7-11(18)8-19-9-12-2-1-5-20-12/h1-6,11,17-18H,7-9H2. The molecule has 1 unspecified atom stereocenters. The summed E-state index contributed by atoms with van der Waals surface area (Å²) in [6.07, 6.45) is 0.929. The van der Waals surface area contributed by atoms with E-state index in [1.807, 2.05) is 28.7 Å². The number of ether oxygens (including phenoxy) is 1. The largest absolute Gasteiger partial charge is 0.467 e. The highest BCUT2D eigenvalue weighted by Crippen LogP contribution is 2.18. The molecule has 6 heteroatoms. The fourth-order valence-corrected chi connectivity index (χ4v) is 2.28. The van der Waals surface area contributed by atoms with Crippen LogP contribution in [-0.4, -0.2) is 24.4 Å². The van der Waals surface area contributed by atoms with Crippen LogP contribution in [-0.2, 0) is 11.3 Å². The molecule has 0 radical (unpaired) electrons. The fraction of sp³-hybridized carbons (Fsp3) is 0.286. The predicted octanol–water partition coefficient (Wildman–Crippen LogP) is 3.01. The van der Waals surface area contributed by atoms with E-state index in [1.165, 1.54) is 12.1 Å². The molecule has 1 atom stereocenters. The summed E-state index contributed by atoms with van der Waals surface area (Å²) in [4.78, 5) is 0. The zero-order chi connectivity index (χ0) is 14.4. The quantitative estimate of drug-likeness (QED) is 0.713. The highest BCUT2D eigenvalue weighted by Gasteiger charge is 2.07. The Bertz CT molecular complexity index is 533. The molecule has 0 spiro atoms. The molecule has 0 aliphatic rings. The van der Waals surface area contributed by atoms with E-state index < -0.39 is 6.10 Å². The molecule has 2 aromatic rings. The van der Waals surface area contributed by atoms with Crippen molar-refractivity contribution < 1.29 is 18.7 Å². The molecule has 0 amide bonds. The molecule has 2 rings (SSSR count). The van der Waals surface area contributed by atoms with Crippen LogP contribution in [0.2, 0.25) is 0 Å². The van der Waals surface area contributed by atoms with Crippen molar-refractivity contribution in [1.29, 1.82) is 0 Å². The van der Waals surface area contributed by atoms with E-state index in [-0.39, 0.29) is 12.4 Å². The van der Waals surface area contributed by atoms with Crippen LogP contribution in [0.4, 0.5) is 10.1 Å². The molecule has 0 aliphatic carbocycles. The lowest BCUT2D eigenvalue weighted by Crippen LogP contribution is -2.25. The minimum Gasteiger partial charge on any atom is -0.467 e. The number of furan rings is 1. The Labute approximate surface area is 130 Å². The molecular weight excluding hydrogens is 376 g/mol. The number of halogens is 2. The van der Waals surface area contributed by atoms with Gasteiger partial charge in [-0.2, -0.15) is 0 Å². The Hall–Kier alpha value is -1.12.